The molecule has 2 aromatic carbocycles. The van der Waals surface area contributed by atoms with Crippen LogP contribution in [0.4, 0.5) is 4.39 Å². The van der Waals surface area contributed by atoms with Gasteiger partial charge in [0.05, 0.1) is 25.3 Å². The first-order valence-electron chi connectivity index (χ1n) is 6.84. The minimum atomic E-state index is -0.482. The normalized spacial score (nSPS) is 10.5. The molecule has 0 unspecified atom stereocenters. The number of methoxy groups -OCH3 is 1. The lowest BCUT2D eigenvalue weighted by Gasteiger charge is -2.03. The fourth-order valence-corrected chi connectivity index (χ4v) is 1.91. The molecule has 5 nitrogen and oxygen atoms in total. The van der Waals surface area contributed by atoms with Crippen LogP contribution in [0.15, 0.2) is 53.6 Å². The predicted octanol–water partition coefficient (Wildman–Crippen LogP) is 2.31. The summed E-state index contributed by atoms with van der Waals surface area (Å²) in [6.07, 6.45) is 1.45. The van der Waals surface area contributed by atoms with Crippen LogP contribution in [0.5, 0.6) is 0 Å². The zero-order valence-electron chi connectivity index (χ0n) is 12.5. The summed E-state index contributed by atoms with van der Waals surface area (Å²) in [5, 5.41) is 3.83. The molecule has 0 aliphatic heterocycles. The van der Waals surface area contributed by atoms with Crippen molar-refractivity contribution in [3.8, 4) is 0 Å². The Morgan fingerprint density at radius 3 is 2.57 bits per heavy atom. The van der Waals surface area contributed by atoms with Gasteiger partial charge in [0, 0.05) is 5.56 Å². The molecule has 118 valence electrons. The maximum absolute atomic E-state index is 12.8. The van der Waals surface area contributed by atoms with Gasteiger partial charge in [-0.15, -0.1) is 0 Å². The Labute approximate surface area is 132 Å². The summed E-state index contributed by atoms with van der Waals surface area (Å²) < 4.78 is 17.5. The third kappa shape index (κ3) is 4.74. The molecule has 0 bridgehead atoms. The number of benzene rings is 2. The summed E-state index contributed by atoms with van der Waals surface area (Å²) >= 11 is 0. The van der Waals surface area contributed by atoms with Gasteiger partial charge in [0.2, 0.25) is 5.91 Å². The van der Waals surface area contributed by atoms with Crippen LogP contribution in [0, 0.1) is 5.82 Å². The average Bonchev–Trinajstić information content (AvgIpc) is 2.57. The maximum Gasteiger partial charge on any atom is 0.338 e. The van der Waals surface area contributed by atoms with Crippen LogP contribution in [-0.2, 0) is 16.0 Å². The molecule has 2 aromatic rings. The molecule has 0 saturated carbocycles. The van der Waals surface area contributed by atoms with Crippen LogP contribution >= 0.6 is 0 Å². The Morgan fingerprint density at radius 2 is 1.87 bits per heavy atom. The van der Waals surface area contributed by atoms with Gasteiger partial charge in [0.15, 0.2) is 0 Å². The van der Waals surface area contributed by atoms with E-state index in [0.717, 1.165) is 0 Å². The van der Waals surface area contributed by atoms with Gasteiger partial charge in [-0.25, -0.2) is 14.6 Å². The molecular weight excluding hydrogens is 299 g/mol. The van der Waals surface area contributed by atoms with E-state index in [9.17, 15) is 14.0 Å². The van der Waals surface area contributed by atoms with Crippen molar-refractivity contribution in [2.75, 3.05) is 7.11 Å². The smallest absolute Gasteiger partial charge is 0.338 e. The standard InChI is InChI=1S/C17H15FN2O3/c1-23-17(22)15-5-3-2-4-13(15)11-19-20-16(21)10-12-6-8-14(18)9-7-12/h2-9,11H,10H2,1H3,(H,20,21)/b19-11-. The van der Waals surface area contributed by atoms with Crippen molar-refractivity contribution in [2.45, 2.75) is 6.42 Å². The van der Waals surface area contributed by atoms with Crippen LogP contribution in [0.3, 0.4) is 0 Å². The zero-order chi connectivity index (χ0) is 16.7. The summed E-state index contributed by atoms with van der Waals surface area (Å²) in [7, 11) is 1.29. The zero-order valence-corrected chi connectivity index (χ0v) is 12.5. The molecule has 23 heavy (non-hydrogen) atoms. The van der Waals surface area contributed by atoms with Crippen molar-refractivity contribution < 1.29 is 18.7 Å². The maximum atomic E-state index is 12.8. The van der Waals surface area contributed by atoms with Crippen LogP contribution in [0.25, 0.3) is 0 Å². The highest BCUT2D eigenvalue weighted by atomic mass is 19.1. The van der Waals surface area contributed by atoms with Gasteiger partial charge in [-0.1, -0.05) is 30.3 Å². The Balaban J connectivity index is 1.97. The lowest BCUT2D eigenvalue weighted by molar-refractivity contribution is -0.120. The fourth-order valence-electron chi connectivity index (χ4n) is 1.91. The summed E-state index contributed by atoms with van der Waals surface area (Å²) in [4.78, 5) is 23.4. The molecule has 0 atom stereocenters. The van der Waals surface area contributed by atoms with Gasteiger partial charge in [0.25, 0.3) is 0 Å². The fraction of sp³-hybridized carbons (Fsp3) is 0.118. The molecule has 0 aromatic heterocycles. The van der Waals surface area contributed by atoms with Gasteiger partial charge in [-0.3, -0.25) is 4.79 Å². The van der Waals surface area contributed by atoms with Crippen LogP contribution < -0.4 is 5.43 Å². The quantitative estimate of drug-likeness (QED) is 0.523. The Morgan fingerprint density at radius 1 is 1.17 bits per heavy atom. The van der Waals surface area contributed by atoms with E-state index >= 15 is 0 Å². The van der Waals surface area contributed by atoms with Gasteiger partial charge in [-0.05, 0) is 23.8 Å². The lowest BCUT2D eigenvalue weighted by Crippen LogP contribution is -2.20. The van der Waals surface area contributed by atoms with E-state index in [0.29, 0.717) is 16.7 Å². The molecule has 0 fully saturated rings. The summed E-state index contributed by atoms with van der Waals surface area (Å²) in [6.45, 7) is 0. The highest BCUT2D eigenvalue weighted by Gasteiger charge is 2.09. The molecule has 2 rings (SSSR count). The van der Waals surface area contributed by atoms with Gasteiger partial charge >= 0.3 is 5.97 Å². The number of hydrogen-bond donors (Lipinski definition) is 1. The van der Waals surface area contributed by atoms with Crippen LogP contribution in [0.2, 0.25) is 0 Å². The van der Waals surface area contributed by atoms with Crippen molar-refractivity contribution in [2.24, 2.45) is 5.10 Å². The summed E-state index contributed by atoms with van der Waals surface area (Å²) in [6, 6.07) is 12.4. The second-order valence-electron chi connectivity index (χ2n) is 4.68. The number of halogens is 1. The number of hydrazone groups is 1. The third-order valence-electron chi connectivity index (χ3n) is 3.04. The molecule has 0 aliphatic rings. The van der Waals surface area contributed by atoms with E-state index in [-0.39, 0.29) is 18.1 Å². The Kier molecular flexibility index (Phi) is 5.57. The number of hydrogen-bond acceptors (Lipinski definition) is 4. The molecule has 1 amide bonds. The predicted molar refractivity (Wildman–Crippen MR) is 83.6 cm³/mol. The second-order valence-corrected chi connectivity index (χ2v) is 4.68. The van der Waals surface area contributed by atoms with Gasteiger partial charge in [-0.2, -0.15) is 5.10 Å². The van der Waals surface area contributed by atoms with E-state index in [4.69, 9.17) is 0 Å². The first kappa shape index (κ1) is 16.4. The summed E-state index contributed by atoms with van der Waals surface area (Å²) in [5.41, 5.74) is 3.92. The monoisotopic (exact) mass is 314 g/mol. The topological polar surface area (TPSA) is 67.8 Å². The number of amides is 1. The number of carbonyl (C=O) groups is 2. The highest BCUT2D eigenvalue weighted by molar-refractivity contribution is 5.99. The van der Waals surface area contributed by atoms with Gasteiger partial charge < -0.3 is 4.74 Å². The first-order chi connectivity index (χ1) is 11.1. The molecule has 0 heterocycles. The Bertz CT molecular complexity index is 727. The molecule has 6 heteroatoms. The highest BCUT2D eigenvalue weighted by Crippen LogP contribution is 2.07. The number of rotatable bonds is 5. The largest absolute Gasteiger partial charge is 0.465 e. The Hall–Kier alpha value is -3.02. The molecule has 0 aliphatic carbocycles. The number of nitrogens with zero attached hydrogens (tertiary/aromatic N) is 1. The van der Waals surface area contributed by atoms with E-state index in [1.165, 1.54) is 37.6 Å². The molecule has 0 spiro atoms. The van der Waals surface area contributed by atoms with E-state index < -0.39 is 5.97 Å². The van der Waals surface area contributed by atoms with Crippen molar-refractivity contribution in [3.63, 3.8) is 0 Å². The summed E-state index contributed by atoms with van der Waals surface area (Å²) in [5.74, 6) is -1.18. The SMILES string of the molecule is COC(=O)c1ccccc1/C=N\NC(=O)Cc1ccc(F)cc1. The van der Waals surface area contributed by atoms with Gasteiger partial charge in [0.1, 0.15) is 5.82 Å². The lowest BCUT2D eigenvalue weighted by atomic mass is 10.1. The number of nitrogens with one attached hydrogen (secondary N) is 1. The minimum Gasteiger partial charge on any atom is -0.465 e. The minimum absolute atomic E-state index is 0.0796. The second kappa shape index (κ2) is 7.84. The molecule has 0 saturated heterocycles. The van der Waals surface area contributed by atoms with Crippen molar-refractivity contribution in [1.29, 1.82) is 0 Å². The van der Waals surface area contributed by atoms with E-state index in [1.54, 1.807) is 24.3 Å². The molecule has 0 radical (unpaired) electrons. The van der Waals surface area contributed by atoms with E-state index in [2.05, 4.69) is 15.3 Å². The number of ether oxygens (including phenoxy) is 1. The van der Waals surface area contributed by atoms with Crippen molar-refractivity contribution >= 4 is 18.1 Å². The van der Waals surface area contributed by atoms with Crippen LogP contribution in [-0.4, -0.2) is 25.2 Å². The number of esters is 1. The molecule has 1 N–H and O–H groups in total. The third-order valence-corrected chi connectivity index (χ3v) is 3.04. The molecular formula is C17H15FN2O3. The van der Waals surface area contributed by atoms with E-state index in [1.807, 2.05) is 0 Å². The first-order valence-corrected chi connectivity index (χ1v) is 6.84. The average molecular weight is 314 g/mol. The van der Waals surface area contributed by atoms with Crippen LogP contribution in [0.1, 0.15) is 21.5 Å². The van der Waals surface area contributed by atoms with Crippen molar-refractivity contribution in [3.05, 3.63) is 71.0 Å². The number of carbonyl (C=O) groups excluding carboxylic acids is 2. The van der Waals surface area contributed by atoms with Crippen molar-refractivity contribution in [1.82, 2.24) is 5.43 Å².